The van der Waals surface area contributed by atoms with E-state index in [4.69, 9.17) is 9.47 Å². The maximum atomic E-state index is 12.4. The fourth-order valence-corrected chi connectivity index (χ4v) is 2.81. The van der Waals surface area contributed by atoms with Crippen LogP contribution in [-0.4, -0.2) is 41.0 Å². The van der Waals surface area contributed by atoms with Crippen LogP contribution in [0.5, 0.6) is 11.5 Å². The van der Waals surface area contributed by atoms with Crippen molar-refractivity contribution in [3.8, 4) is 11.5 Å². The molecule has 0 radical (unpaired) electrons. The van der Waals surface area contributed by atoms with Crippen molar-refractivity contribution in [2.24, 2.45) is 7.05 Å². The fraction of sp³-hybridized carbons (Fsp3) is 0.389. The first-order valence-electron chi connectivity index (χ1n) is 8.06. The summed E-state index contributed by atoms with van der Waals surface area (Å²) in [4.78, 5) is 23.7. The molecule has 0 bridgehead atoms. The minimum atomic E-state index is -1.12. The van der Waals surface area contributed by atoms with Gasteiger partial charge in [-0.15, -0.1) is 0 Å². The number of nitrogens with zero attached hydrogens (tertiary/aromatic N) is 2. The summed E-state index contributed by atoms with van der Waals surface area (Å²) in [7, 11) is 4.69. The van der Waals surface area contributed by atoms with Gasteiger partial charge >= 0.3 is 5.97 Å². The molecule has 0 aliphatic rings. The first kappa shape index (κ1) is 19.3. The largest absolute Gasteiger partial charge is 0.493 e. The number of carboxylic acid groups (broad SMARTS) is 1. The molecule has 2 rings (SSSR count). The van der Waals surface area contributed by atoms with Crippen LogP contribution in [0.3, 0.4) is 0 Å². The summed E-state index contributed by atoms with van der Waals surface area (Å²) in [5.74, 6) is -0.861. The van der Waals surface area contributed by atoms with E-state index in [0.29, 0.717) is 6.42 Å². The highest BCUT2D eigenvalue weighted by Crippen LogP contribution is 2.36. The number of aryl methyl sites for hydroxylation is 2. The Hall–Kier alpha value is -3.03. The van der Waals surface area contributed by atoms with Gasteiger partial charge in [-0.3, -0.25) is 9.48 Å². The van der Waals surface area contributed by atoms with Gasteiger partial charge in [0.15, 0.2) is 11.5 Å². The van der Waals surface area contributed by atoms with Gasteiger partial charge in [-0.05, 0) is 38.0 Å². The van der Waals surface area contributed by atoms with Crippen molar-refractivity contribution in [1.82, 2.24) is 9.78 Å². The van der Waals surface area contributed by atoms with Crippen molar-refractivity contribution in [2.45, 2.75) is 26.7 Å². The highest BCUT2D eigenvalue weighted by Gasteiger charge is 2.18. The molecule has 1 aromatic heterocycles. The minimum Gasteiger partial charge on any atom is -0.493 e. The van der Waals surface area contributed by atoms with E-state index in [9.17, 15) is 14.7 Å². The number of nitrogens with one attached hydrogen (secondary N) is 1. The predicted molar refractivity (Wildman–Crippen MR) is 96.1 cm³/mol. The monoisotopic (exact) mass is 361 g/mol. The van der Waals surface area contributed by atoms with E-state index in [1.807, 2.05) is 20.9 Å². The first-order chi connectivity index (χ1) is 12.3. The van der Waals surface area contributed by atoms with Crippen molar-refractivity contribution < 1.29 is 24.2 Å². The van der Waals surface area contributed by atoms with Crippen LogP contribution >= 0.6 is 0 Å². The average Bonchev–Trinajstić information content (AvgIpc) is 2.84. The number of carbonyl (C=O) groups excluding carboxylic acids is 1. The van der Waals surface area contributed by atoms with Crippen molar-refractivity contribution in [3.05, 3.63) is 34.6 Å². The molecule has 1 heterocycles. The number of aromatic nitrogens is 2. The Balaban J connectivity index is 2.20. The zero-order chi connectivity index (χ0) is 19.4. The Kier molecular flexibility index (Phi) is 5.86. The lowest BCUT2D eigenvalue weighted by Crippen LogP contribution is -2.14. The van der Waals surface area contributed by atoms with E-state index < -0.39 is 5.97 Å². The van der Waals surface area contributed by atoms with Gasteiger partial charge in [0.05, 0.1) is 31.2 Å². The molecule has 0 saturated carbocycles. The second-order valence-electron chi connectivity index (χ2n) is 5.89. The van der Waals surface area contributed by atoms with E-state index in [2.05, 4.69) is 10.4 Å². The molecule has 26 heavy (non-hydrogen) atoms. The van der Waals surface area contributed by atoms with E-state index in [0.717, 1.165) is 17.0 Å². The third-order valence-corrected chi connectivity index (χ3v) is 4.26. The smallest absolute Gasteiger partial charge is 0.335 e. The number of ether oxygens (including phenoxy) is 2. The summed E-state index contributed by atoms with van der Waals surface area (Å²) in [6, 6.07) is 2.70. The van der Waals surface area contributed by atoms with Gasteiger partial charge in [0.2, 0.25) is 5.91 Å². The maximum Gasteiger partial charge on any atom is 0.335 e. The van der Waals surface area contributed by atoms with Gasteiger partial charge in [-0.2, -0.15) is 5.10 Å². The molecule has 8 heteroatoms. The fourth-order valence-electron chi connectivity index (χ4n) is 2.81. The molecule has 1 amide bonds. The Morgan fingerprint density at radius 3 is 2.42 bits per heavy atom. The number of rotatable bonds is 7. The molecule has 0 saturated heterocycles. The minimum absolute atomic E-state index is 0.00287. The van der Waals surface area contributed by atoms with Crippen LogP contribution in [0.2, 0.25) is 0 Å². The molecule has 0 fully saturated rings. The number of anilines is 1. The highest BCUT2D eigenvalue weighted by molar-refractivity contribution is 5.96. The summed E-state index contributed by atoms with van der Waals surface area (Å²) >= 11 is 0. The average molecular weight is 361 g/mol. The van der Waals surface area contributed by atoms with Gasteiger partial charge in [-0.1, -0.05) is 0 Å². The molecular formula is C18H23N3O5. The summed E-state index contributed by atoms with van der Waals surface area (Å²) in [5.41, 5.74) is 3.20. The molecule has 1 aromatic carbocycles. The van der Waals surface area contributed by atoms with Gasteiger partial charge in [0.1, 0.15) is 0 Å². The third-order valence-electron chi connectivity index (χ3n) is 4.26. The molecule has 140 valence electrons. The zero-order valence-corrected chi connectivity index (χ0v) is 15.5. The summed E-state index contributed by atoms with van der Waals surface area (Å²) in [5, 5.41) is 16.3. The SMILES string of the molecule is COc1cc(C(=O)O)cc(NC(=O)CCc2c(C)nn(C)c2C)c1OC. The summed E-state index contributed by atoms with van der Waals surface area (Å²) < 4.78 is 12.2. The van der Waals surface area contributed by atoms with Gasteiger partial charge in [0.25, 0.3) is 0 Å². The lowest BCUT2D eigenvalue weighted by Gasteiger charge is -2.15. The summed E-state index contributed by atoms with van der Waals surface area (Å²) in [6.07, 6.45) is 0.769. The normalized spacial score (nSPS) is 10.5. The third kappa shape index (κ3) is 3.96. The van der Waals surface area contributed by atoms with E-state index >= 15 is 0 Å². The van der Waals surface area contributed by atoms with Crippen LogP contribution in [0.4, 0.5) is 5.69 Å². The molecule has 0 atom stereocenters. The lowest BCUT2D eigenvalue weighted by molar-refractivity contribution is -0.116. The Morgan fingerprint density at radius 1 is 1.23 bits per heavy atom. The molecule has 8 nitrogen and oxygen atoms in total. The molecule has 0 aliphatic carbocycles. The second kappa shape index (κ2) is 7.90. The van der Waals surface area contributed by atoms with E-state index in [1.165, 1.54) is 26.4 Å². The number of aromatic carboxylic acids is 1. The van der Waals surface area contributed by atoms with Crippen molar-refractivity contribution >= 4 is 17.6 Å². The highest BCUT2D eigenvalue weighted by atomic mass is 16.5. The van der Waals surface area contributed by atoms with Crippen molar-refractivity contribution in [2.75, 3.05) is 19.5 Å². The van der Waals surface area contributed by atoms with Gasteiger partial charge in [0, 0.05) is 19.2 Å². The first-order valence-corrected chi connectivity index (χ1v) is 8.06. The van der Waals surface area contributed by atoms with Crippen molar-refractivity contribution in [3.63, 3.8) is 0 Å². The van der Waals surface area contributed by atoms with Crippen molar-refractivity contribution in [1.29, 1.82) is 0 Å². The van der Waals surface area contributed by atoms with E-state index in [1.54, 1.807) is 4.68 Å². The molecule has 0 aliphatic heterocycles. The molecule has 0 unspecified atom stereocenters. The Labute approximate surface area is 151 Å². The van der Waals surface area contributed by atoms with Crippen LogP contribution in [0, 0.1) is 13.8 Å². The zero-order valence-electron chi connectivity index (χ0n) is 15.5. The van der Waals surface area contributed by atoms with Crippen LogP contribution in [0.1, 0.15) is 33.7 Å². The van der Waals surface area contributed by atoms with Gasteiger partial charge in [-0.25, -0.2) is 4.79 Å². The summed E-state index contributed by atoms with van der Waals surface area (Å²) in [6.45, 7) is 3.86. The van der Waals surface area contributed by atoms with Crippen LogP contribution in [0.25, 0.3) is 0 Å². The number of hydrogen-bond acceptors (Lipinski definition) is 5. The Morgan fingerprint density at radius 2 is 1.92 bits per heavy atom. The maximum absolute atomic E-state index is 12.4. The molecule has 2 N–H and O–H groups in total. The van der Waals surface area contributed by atoms with Crippen LogP contribution in [-0.2, 0) is 18.3 Å². The van der Waals surface area contributed by atoms with E-state index in [-0.39, 0.29) is 35.1 Å². The standard InChI is InChI=1S/C18H23N3O5/c1-10-13(11(2)21(3)20-10)6-7-16(22)19-14-8-12(18(23)24)9-15(25-4)17(14)26-5/h8-9H,6-7H2,1-5H3,(H,19,22)(H,23,24). The second-order valence-corrected chi connectivity index (χ2v) is 5.89. The number of hydrogen-bond donors (Lipinski definition) is 2. The molecule has 0 spiro atoms. The molecular weight excluding hydrogens is 338 g/mol. The molecule has 2 aromatic rings. The number of methoxy groups -OCH3 is 2. The topological polar surface area (TPSA) is 103 Å². The predicted octanol–water partition coefficient (Wildman–Crippen LogP) is 2.32. The number of amides is 1. The number of carboxylic acids is 1. The number of carbonyl (C=O) groups is 2. The van der Waals surface area contributed by atoms with Crippen LogP contribution < -0.4 is 14.8 Å². The lowest BCUT2D eigenvalue weighted by atomic mass is 10.1. The number of benzene rings is 1. The Bertz CT molecular complexity index is 842. The van der Waals surface area contributed by atoms with Gasteiger partial charge < -0.3 is 19.9 Å². The quantitative estimate of drug-likeness (QED) is 0.785. The van der Waals surface area contributed by atoms with Crippen LogP contribution in [0.15, 0.2) is 12.1 Å².